The van der Waals surface area contributed by atoms with Crippen LogP contribution in [0.25, 0.3) is 0 Å². The molecule has 0 saturated heterocycles. The third-order valence-corrected chi connectivity index (χ3v) is 5.83. The van der Waals surface area contributed by atoms with E-state index in [4.69, 9.17) is 9.47 Å². The Balaban J connectivity index is 1.72. The fourth-order valence-corrected chi connectivity index (χ4v) is 3.61. The molecule has 2 N–H and O–H groups in total. The Hall–Kier alpha value is -3.37. The molecule has 0 aliphatic carbocycles. The van der Waals surface area contributed by atoms with Crippen molar-refractivity contribution < 1.29 is 27.8 Å². The molecule has 3 aromatic rings. The van der Waals surface area contributed by atoms with Gasteiger partial charge in [0.05, 0.1) is 18.1 Å². The molecule has 176 valence electrons. The lowest BCUT2D eigenvalue weighted by atomic mass is 10.1. The first-order valence-electron chi connectivity index (χ1n) is 10.3. The number of carbonyl (C=O) groups excluding carboxylic acids is 1. The summed E-state index contributed by atoms with van der Waals surface area (Å²) in [5.41, 5.74) is 1.23. The zero-order chi connectivity index (χ0) is 24.0. The van der Waals surface area contributed by atoms with Crippen molar-refractivity contribution >= 4 is 21.6 Å². The number of hydrogen-bond donors (Lipinski definition) is 2. The number of nitrogens with zero attached hydrogens (tertiary/aromatic N) is 2. The molecule has 3 rings (SSSR count). The first-order chi connectivity index (χ1) is 15.6. The Bertz CT molecular complexity index is 1210. The fraction of sp³-hybridized carbons (Fsp3) is 0.304. The van der Waals surface area contributed by atoms with Crippen LogP contribution in [0.2, 0.25) is 0 Å². The lowest BCUT2D eigenvalue weighted by Gasteiger charge is -2.15. The van der Waals surface area contributed by atoms with Crippen molar-refractivity contribution in [3.63, 3.8) is 0 Å². The number of nitrogens with one attached hydrogen (secondary N) is 1. The minimum atomic E-state index is -3.24. The minimum absolute atomic E-state index is 0.177. The highest BCUT2D eigenvalue weighted by molar-refractivity contribution is 7.90. The van der Waals surface area contributed by atoms with Crippen LogP contribution in [0.15, 0.2) is 59.6 Å². The molecule has 1 amide bonds. The smallest absolute Gasteiger partial charge is 0.257 e. The number of aromatic nitrogens is 2. The van der Waals surface area contributed by atoms with Crippen molar-refractivity contribution in [3.8, 4) is 11.5 Å². The van der Waals surface area contributed by atoms with Gasteiger partial charge in [-0.25, -0.2) is 8.42 Å². The molecule has 1 atom stereocenters. The second-order valence-corrected chi connectivity index (χ2v) is 9.66. The van der Waals surface area contributed by atoms with E-state index in [0.29, 0.717) is 35.9 Å². The fourth-order valence-electron chi connectivity index (χ4n) is 2.98. The van der Waals surface area contributed by atoms with Crippen LogP contribution in [-0.4, -0.2) is 54.8 Å². The molecule has 0 fully saturated rings. The number of hydrogen-bond acceptors (Lipinski definition) is 7. The molecular weight excluding hydrogens is 446 g/mol. The van der Waals surface area contributed by atoms with Crippen LogP contribution in [-0.2, 0) is 23.3 Å². The van der Waals surface area contributed by atoms with Crippen LogP contribution in [0.1, 0.15) is 22.8 Å². The van der Waals surface area contributed by atoms with E-state index in [-0.39, 0.29) is 17.4 Å². The lowest BCUT2D eigenvalue weighted by Crippen LogP contribution is -2.17. The number of benzene rings is 2. The molecule has 10 heteroatoms. The molecule has 1 aromatic heterocycles. The summed E-state index contributed by atoms with van der Waals surface area (Å²) in [4.78, 5) is 13.0. The van der Waals surface area contributed by atoms with Gasteiger partial charge in [-0.15, -0.1) is 0 Å². The van der Waals surface area contributed by atoms with E-state index in [1.54, 1.807) is 73.4 Å². The number of ether oxygens (including phenoxy) is 2. The Kier molecular flexibility index (Phi) is 7.72. The number of aliphatic hydroxyl groups excluding tert-OH is 1. The highest BCUT2D eigenvalue weighted by Gasteiger charge is 2.14. The van der Waals surface area contributed by atoms with Crippen LogP contribution >= 0.6 is 0 Å². The molecule has 1 heterocycles. The van der Waals surface area contributed by atoms with Gasteiger partial charge >= 0.3 is 0 Å². The normalized spacial score (nSPS) is 12.2. The van der Waals surface area contributed by atoms with Crippen molar-refractivity contribution in [2.75, 3.05) is 24.8 Å². The minimum Gasteiger partial charge on any atom is -0.493 e. The van der Waals surface area contributed by atoms with Gasteiger partial charge in [0, 0.05) is 43.6 Å². The average Bonchev–Trinajstić information content (AvgIpc) is 3.17. The molecule has 33 heavy (non-hydrogen) atoms. The predicted molar refractivity (Wildman–Crippen MR) is 124 cm³/mol. The maximum absolute atomic E-state index is 12.7. The van der Waals surface area contributed by atoms with E-state index in [0.717, 1.165) is 5.56 Å². The third kappa shape index (κ3) is 7.06. The quantitative estimate of drug-likeness (QED) is 0.464. The van der Waals surface area contributed by atoms with Gasteiger partial charge in [0.2, 0.25) is 0 Å². The van der Waals surface area contributed by atoms with Gasteiger partial charge in [-0.2, -0.15) is 5.10 Å². The molecule has 0 aliphatic heterocycles. The largest absolute Gasteiger partial charge is 0.493 e. The number of carbonyl (C=O) groups is 1. The van der Waals surface area contributed by atoms with E-state index in [1.807, 2.05) is 0 Å². The summed E-state index contributed by atoms with van der Waals surface area (Å²) in [5, 5.41) is 16.2. The van der Waals surface area contributed by atoms with Crippen LogP contribution in [0.3, 0.4) is 0 Å². The second-order valence-electron chi connectivity index (χ2n) is 7.65. The summed E-state index contributed by atoms with van der Waals surface area (Å²) in [6.07, 6.45) is 2.96. The number of sulfone groups is 1. The van der Waals surface area contributed by atoms with Gasteiger partial charge in [-0.05, 0) is 36.8 Å². The van der Waals surface area contributed by atoms with Crippen molar-refractivity contribution in [3.05, 3.63) is 65.9 Å². The van der Waals surface area contributed by atoms with E-state index in [1.165, 1.54) is 6.26 Å². The summed E-state index contributed by atoms with van der Waals surface area (Å²) < 4.78 is 36.3. The van der Waals surface area contributed by atoms with Crippen molar-refractivity contribution in [2.45, 2.75) is 24.3 Å². The maximum Gasteiger partial charge on any atom is 0.257 e. The van der Waals surface area contributed by atoms with E-state index in [2.05, 4.69) is 10.4 Å². The van der Waals surface area contributed by atoms with Gasteiger partial charge < -0.3 is 19.9 Å². The van der Waals surface area contributed by atoms with Gasteiger partial charge in [0.15, 0.2) is 15.7 Å². The van der Waals surface area contributed by atoms with Gasteiger partial charge in [0.25, 0.3) is 5.91 Å². The molecule has 0 spiro atoms. The van der Waals surface area contributed by atoms with Crippen LogP contribution in [0.5, 0.6) is 11.5 Å². The Morgan fingerprint density at radius 2 is 1.85 bits per heavy atom. The van der Waals surface area contributed by atoms with Gasteiger partial charge in [-0.1, -0.05) is 12.1 Å². The van der Waals surface area contributed by atoms with Crippen molar-refractivity contribution in [2.24, 2.45) is 7.05 Å². The predicted octanol–water partition coefficient (Wildman–Crippen LogP) is 2.46. The Labute approximate surface area is 192 Å². The second kappa shape index (κ2) is 10.5. The molecule has 0 radical (unpaired) electrons. The molecule has 1 unspecified atom stereocenters. The monoisotopic (exact) mass is 473 g/mol. The lowest BCUT2D eigenvalue weighted by molar-refractivity contribution is 0.102. The summed E-state index contributed by atoms with van der Waals surface area (Å²) >= 11 is 0. The molecule has 0 aliphatic rings. The molecular formula is C23H27N3O6S. The summed E-state index contributed by atoms with van der Waals surface area (Å²) in [6, 6.07) is 13.1. The van der Waals surface area contributed by atoms with Crippen molar-refractivity contribution in [1.29, 1.82) is 0 Å². The summed E-state index contributed by atoms with van der Waals surface area (Å²) in [7, 11) is -1.49. The van der Waals surface area contributed by atoms with Crippen LogP contribution in [0, 0.1) is 0 Å². The standard InChI is InChI=1S/C23H27N3O6S/c1-16(15-27)32-20-13-18(23(28)24-22-8-10-26(2)25-22)12-19(14-20)31-11-9-17-4-6-21(7-5-17)33(3,29)30/h4-8,10,12-14,16,27H,9,11,15H2,1-3H3,(H,24,25,28). The van der Waals surface area contributed by atoms with Crippen molar-refractivity contribution in [1.82, 2.24) is 9.78 Å². The van der Waals surface area contributed by atoms with E-state index >= 15 is 0 Å². The maximum atomic E-state index is 12.7. The highest BCUT2D eigenvalue weighted by Crippen LogP contribution is 2.25. The summed E-state index contributed by atoms with van der Waals surface area (Å²) in [6.45, 7) is 1.84. The molecule has 0 saturated carbocycles. The number of aryl methyl sites for hydroxylation is 1. The average molecular weight is 474 g/mol. The first-order valence-corrected chi connectivity index (χ1v) is 12.2. The number of rotatable bonds is 10. The Morgan fingerprint density at radius 3 is 2.45 bits per heavy atom. The third-order valence-electron chi connectivity index (χ3n) is 4.70. The van der Waals surface area contributed by atoms with Crippen LogP contribution in [0.4, 0.5) is 5.82 Å². The van der Waals surface area contributed by atoms with Crippen LogP contribution < -0.4 is 14.8 Å². The molecule has 0 bridgehead atoms. The Morgan fingerprint density at radius 1 is 1.15 bits per heavy atom. The summed E-state index contributed by atoms with van der Waals surface area (Å²) in [5.74, 6) is 0.851. The topological polar surface area (TPSA) is 120 Å². The first kappa shape index (κ1) is 24.3. The number of anilines is 1. The zero-order valence-electron chi connectivity index (χ0n) is 18.7. The molecule has 9 nitrogen and oxygen atoms in total. The molecule has 2 aromatic carbocycles. The van der Waals surface area contributed by atoms with E-state index in [9.17, 15) is 18.3 Å². The number of amides is 1. The SMILES string of the molecule is CC(CO)Oc1cc(OCCc2ccc(S(C)(=O)=O)cc2)cc(C(=O)Nc2ccn(C)n2)c1. The zero-order valence-corrected chi connectivity index (χ0v) is 19.5. The van der Waals surface area contributed by atoms with Gasteiger partial charge in [-0.3, -0.25) is 9.48 Å². The highest BCUT2D eigenvalue weighted by atomic mass is 32.2. The number of aliphatic hydroxyl groups is 1. The van der Waals surface area contributed by atoms with E-state index < -0.39 is 15.9 Å². The van der Waals surface area contributed by atoms with Gasteiger partial charge in [0.1, 0.15) is 17.6 Å².